The summed E-state index contributed by atoms with van der Waals surface area (Å²) < 4.78 is 2.08. The summed E-state index contributed by atoms with van der Waals surface area (Å²) in [7, 11) is 0. The van der Waals surface area contributed by atoms with Gasteiger partial charge in [-0.15, -0.1) is 0 Å². The molecule has 0 saturated heterocycles. The van der Waals surface area contributed by atoms with Gasteiger partial charge < -0.3 is 5.32 Å². The third-order valence-electron chi connectivity index (χ3n) is 3.70. The van der Waals surface area contributed by atoms with Gasteiger partial charge in [-0.3, -0.25) is 4.68 Å². The molecular formula is C18H21N3. The zero-order chi connectivity index (χ0) is 14.7. The highest BCUT2D eigenvalue weighted by Gasteiger charge is 2.06. The Morgan fingerprint density at radius 2 is 1.86 bits per heavy atom. The van der Waals surface area contributed by atoms with Crippen molar-refractivity contribution in [3.8, 4) is 0 Å². The van der Waals surface area contributed by atoms with Crippen molar-refractivity contribution >= 4 is 10.8 Å². The lowest BCUT2D eigenvalue weighted by Crippen LogP contribution is -2.23. The van der Waals surface area contributed by atoms with E-state index in [-0.39, 0.29) is 0 Å². The first kappa shape index (κ1) is 13.8. The molecule has 0 spiro atoms. The fraction of sp³-hybridized carbons (Fsp3) is 0.278. The lowest BCUT2D eigenvalue weighted by Gasteiger charge is -2.12. The highest BCUT2D eigenvalue weighted by Crippen LogP contribution is 2.19. The Labute approximate surface area is 125 Å². The topological polar surface area (TPSA) is 29.9 Å². The predicted molar refractivity (Wildman–Crippen MR) is 87.3 cm³/mol. The average Bonchev–Trinajstić information content (AvgIpc) is 2.93. The lowest BCUT2D eigenvalue weighted by molar-refractivity contribution is 0.548. The van der Waals surface area contributed by atoms with Crippen molar-refractivity contribution in [1.29, 1.82) is 0 Å². The van der Waals surface area contributed by atoms with Crippen LogP contribution < -0.4 is 5.32 Å². The third-order valence-corrected chi connectivity index (χ3v) is 3.70. The van der Waals surface area contributed by atoms with Gasteiger partial charge in [0.1, 0.15) is 0 Å². The first-order valence-electron chi connectivity index (χ1n) is 7.45. The molecule has 0 aliphatic heterocycles. The van der Waals surface area contributed by atoms with Crippen molar-refractivity contribution < 1.29 is 0 Å². The Hall–Kier alpha value is -2.13. The number of benzene rings is 2. The minimum atomic E-state index is 0.478. The number of hydrogen-bond acceptors (Lipinski definition) is 2. The number of aromatic nitrogens is 2. The van der Waals surface area contributed by atoms with Gasteiger partial charge in [-0.2, -0.15) is 5.10 Å². The van der Waals surface area contributed by atoms with Gasteiger partial charge in [-0.1, -0.05) is 56.3 Å². The number of rotatable bonds is 5. The van der Waals surface area contributed by atoms with Gasteiger partial charge >= 0.3 is 0 Å². The molecule has 0 saturated carbocycles. The van der Waals surface area contributed by atoms with Crippen molar-refractivity contribution in [2.45, 2.75) is 33.0 Å². The molecule has 21 heavy (non-hydrogen) atoms. The van der Waals surface area contributed by atoms with Gasteiger partial charge in [-0.25, -0.2) is 0 Å². The van der Waals surface area contributed by atoms with Crippen molar-refractivity contribution in [2.75, 3.05) is 0 Å². The van der Waals surface area contributed by atoms with E-state index in [0.29, 0.717) is 6.04 Å². The van der Waals surface area contributed by atoms with E-state index in [0.717, 1.165) is 13.1 Å². The summed E-state index contributed by atoms with van der Waals surface area (Å²) in [4.78, 5) is 0. The molecule has 0 unspecified atom stereocenters. The Morgan fingerprint density at radius 3 is 2.71 bits per heavy atom. The van der Waals surface area contributed by atoms with E-state index in [2.05, 4.69) is 77.5 Å². The van der Waals surface area contributed by atoms with Crippen LogP contribution in [0.2, 0.25) is 0 Å². The van der Waals surface area contributed by atoms with E-state index in [9.17, 15) is 0 Å². The van der Waals surface area contributed by atoms with Crippen LogP contribution in [0.15, 0.2) is 54.7 Å². The van der Waals surface area contributed by atoms with Crippen molar-refractivity contribution in [1.82, 2.24) is 15.1 Å². The summed E-state index contributed by atoms with van der Waals surface area (Å²) in [5.74, 6) is 0. The van der Waals surface area contributed by atoms with E-state index in [1.165, 1.54) is 22.0 Å². The lowest BCUT2D eigenvalue weighted by atomic mass is 10.0. The van der Waals surface area contributed by atoms with Crippen LogP contribution in [-0.2, 0) is 13.1 Å². The van der Waals surface area contributed by atoms with Gasteiger partial charge in [0.15, 0.2) is 0 Å². The number of nitrogens with one attached hydrogen (secondary N) is 1. The summed E-state index contributed by atoms with van der Waals surface area (Å²) in [6, 6.07) is 17.5. The molecule has 0 atom stereocenters. The highest BCUT2D eigenvalue weighted by molar-refractivity contribution is 5.85. The highest BCUT2D eigenvalue weighted by atomic mass is 15.3. The van der Waals surface area contributed by atoms with Crippen LogP contribution >= 0.6 is 0 Å². The summed E-state index contributed by atoms with van der Waals surface area (Å²) in [6.45, 7) is 5.97. The summed E-state index contributed by atoms with van der Waals surface area (Å²) in [6.07, 6.45) is 1.88. The molecular weight excluding hydrogens is 258 g/mol. The second kappa shape index (κ2) is 6.10. The van der Waals surface area contributed by atoms with Gasteiger partial charge in [0, 0.05) is 18.8 Å². The molecule has 3 nitrogen and oxygen atoms in total. The van der Waals surface area contributed by atoms with Gasteiger partial charge in [0.05, 0.1) is 12.2 Å². The van der Waals surface area contributed by atoms with E-state index in [4.69, 9.17) is 0 Å². The molecule has 2 aromatic carbocycles. The molecule has 0 aliphatic rings. The van der Waals surface area contributed by atoms with E-state index >= 15 is 0 Å². The average molecular weight is 279 g/mol. The molecule has 3 aromatic rings. The van der Waals surface area contributed by atoms with Crippen LogP contribution in [0.4, 0.5) is 0 Å². The summed E-state index contributed by atoms with van der Waals surface area (Å²) in [5, 5.41) is 10.5. The first-order chi connectivity index (χ1) is 10.2. The second-order valence-electron chi connectivity index (χ2n) is 5.65. The SMILES string of the molecule is CC(C)NCc1ccnn1Cc1cccc2ccccc12. The number of nitrogens with zero attached hydrogens (tertiary/aromatic N) is 2. The van der Waals surface area contributed by atoms with Gasteiger partial charge in [0.2, 0.25) is 0 Å². The maximum absolute atomic E-state index is 4.47. The Morgan fingerprint density at radius 1 is 1.05 bits per heavy atom. The molecule has 108 valence electrons. The molecule has 0 fully saturated rings. The molecule has 3 heteroatoms. The number of hydrogen-bond donors (Lipinski definition) is 1. The molecule has 1 aromatic heterocycles. The molecule has 1 heterocycles. The minimum Gasteiger partial charge on any atom is -0.309 e. The van der Waals surface area contributed by atoms with Crippen LogP contribution in [0.3, 0.4) is 0 Å². The van der Waals surface area contributed by atoms with Gasteiger partial charge in [0.25, 0.3) is 0 Å². The zero-order valence-electron chi connectivity index (χ0n) is 12.6. The number of fused-ring (bicyclic) bond motifs is 1. The maximum atomic E-state index is 4.47. The minimum absolute atomic E-state index is 0.478. The van der Waals surface area contributed by atoms with Crippen LogP contribution in [0, 0.1) is 0 Å². The third kappa shape index (κ3) is 3.14. The maximum Gasteiger partial charge on any atom is 0.0669 e. The molecule has 0 amide bonds. The van der Waals surface area contributed by atoms with E-state index in [1.54, 1.807) is 0 Å². The zero-order valence-corrected chi connectivity index (χ0v) is 12.6. The van der Waals surface area contributed by atoms with Crippen LogP contribution in [-0.4, -0.2) is 15.8 Å². The predicted octanol–water partition coefficient (Wildman–Crippen LogP) is 3.58. The van der Waals surface area contributed by atoms with E-state index in [1.807, 2.05) is 6.20 Å². The Balaban J connectivity index is 1.87. The van der Waals surface area contributed by atoms with Crippen molar-refractivity contribution in [2.24, 2.45) is 0 Å². The fourth-order valence-corrected chi connectivity index (χ4v) is 2.55. The van der Waals surface area contributed by atoms with Crippen LogP contribution in [0.1, 0.15) is 25.1 Å². The van der Waals surface area contributed by atoms with Gasteiger partial charge in [-0.05, 0) is 22.4 Å². The Bertz CT molecular complexity index is 723. The van der Waals surface area contributed by atoms with E-state index < -0.39 is 0 Å². The molecule has 3 rings (SSSR count). The fourth-order valence-electron chi connectivity index (χ4n) is 2.55. The summed E-state index contributed by atoms with van der Waals surface area (Å²) >= 11 is 0. The van der Waals surface area contributed by atoms with Crippen molar-refractivity contribution in [3.63, 3.8) is 0 Å². The summed E-state index contributed by atoms with van der Waals surface area (Å²) in [5.41, 5.74) is 2.53. The first-order valence-corrected chi connectivity index (χ1v) is 7.45. The largest absolute Gasteiger partial charge is 0.309 e. The standard InChI is InChI=1S/C18H21N3/c1-14(2)19-12-17-10-11-20-21(17)13-16-8-5-7-15-6-3-4-9-18(15)16/h3-11,14,19H,12-13H2,1-2H3. The monoisotopic (exact) mass is 279 g/mol. The molecule has 0 radical (unpaired) electrons. The quantitative estimate of drug-likeness (QED) is 0.773. The molecule has 0 aliphatic carbocycles. The molecule has 1 N–H and O–H groups in total. The van der Waals surface area contributed by atoms with Crippen LogP contribution in [0.25, 0.3) is 10.8 Å². The normalized spacial score (nSPS) is 11.4. The van der Waals surface area contributed by atoms with Crippen molar-refractivity contribution in [3.05, 3.63) is 66.0 Å². The Kier molecular flexibility index (Phi) is 4.02. The smallest absolute Gasteiger partial charge is 0.0669 e. The molecule has 0 bridgehead atoms. The van der Waals surface area contributed by atoms with Crippen LogP contribution in [0.5, 0.6) is 0 Å². The second-order valence-corrected chi connectivity index (χ2v) is 5.65.